The number of hydrogen-bond acceptors (Lipinski definition) is 4. The molecule has 0 bridgehead atoms. The van der Waals surface area contributed by atoms with E-state index in [2.05, 4.69) is 23.7 Å². The van der Waals surface area contributed by atoms with Crippen molar-refractivity contribution in [1.82, 2.24) is 5.43 Å². The number of amides is 1. The third kappa shape index (κ3) is 5.11. The molecular formula is C24H22N2O3. The summed E-state index contributed by atoms with van der Waals surface area (Å²) in [5, 5.41) is 6.17. The van der Waals surface area contributed by atoms with Crippen LogP contribution in [-0.2, 0) is 0 Å². The number of hydrazone groups is 1. The third-order valence-electron chi connectivity index (χ3n) is 4.13. The van der Waals surface area contributed by atoms with Crippen LogP contribution in [0, 0.1) is 0 Å². The Kier molecular flexibility index (Phi) is 6.79. The van der Waals surface area contributed by atoms with Crippen molar-refractivity contribution in [1.29, 1.82) is 0 Å². The molecule has 0 aliphatic heterocycles. The number of benzene rings is 3. The van der Waals surface area contributed by atoms with Crippen LogP contribution < -0.4 is 14.9 Å². The molecule has 0 aromatic heterocycles. The molecule has 0 radical (unpaired) electrons. The summed E-state index contributed by atoms with van der Waals surface area (Å²) < 4.78 is 11.2. The van der Waals surface area contributed by atoms with Crippen LogP contribution in [0.25, 0.3) is 10.8 Å². The van der Waals surface area contributed by atoms with Crippen LogP contribution in [0.4, 0.5) is 0 Å². The predicted molar refractivity (Wildman–Crippen MR) is 117 cm³/mol. The van der Waals surface area contributed by atoms with Crippen LogP contribution in [0.5, 0.6) is 11.5 Å². The zero-order valence-electron chi connectivity index (χ0n) is 16.0. The summed E-state index contributed by atoms with van der Waals surface area (Å²) in [6, 6.07) is 18.6. The Balaban J connectivity index is 1.76. The lowest BCUT2D eigenvalue weighted by molar-refractivity contribution is 0.0955. The quantitative estimate of drug-likeness (QED) is 0.328. The highest BCUT2D eigenvalue weighted by Gasteiger charge is 2.08. The Hall–Kier alpha value is -3.86. The van der Waals surface area contributed by atoms with Gasteiger partial charge < -0.3 is 9.47 Å². The molecule has 0 heterocycles. The molecule has 0 saturated carbocycles. The number of rotatable bonds is 9. The molecule has 0 atom stereocenters. The molecule has 5 heteroatoms. The van der Waals surface area contributed by atoms with E-state index in [1.807, 2.05) is 36.4 Å². The lowest BCUT2D eigenvalue weighted by Crippen LogP contribution is -2.17. The van der Waals surface area contributed by atoms with E-state index in [1.165, 1.54) is 0 Å². The summed E-state index contributed by atoms with van der Waals surface area (Å²) in [5.74, 6) is 1.03. The third-order valence-corrected chi connectivity index (χ3v) is 4.13. The monoisotopic (exact) mass is 386 g/mol. The molecule has 0 spiro atoms. The highest BCUT2D eigenvalue weighted by Crippen LogP contribution is 2.26. The van der Waals surface area contributed by atoms with Crippen molar-refractivity contribution < 1.29 is 14.3 Å². The van der Waals surface area contributed by atoms with Crippen LogP contribution in [-0.4, -0.2) is 25.3 Å². The number of carbonyl (C=O) groups excluding carboxylic acids is 1. The highest BCUT2D eigenvalue weighted by atomic mass is 16.5. The Morgan fingerprint density at radius 1 is 0.931 bits per heavy atom. The second-order valence-corrected chi connectivity index (χ2v) is 6.12. The maximum atomic E-state index is 12.4. The first kappa shape index (κ1) is 19.9. The first-order chi connectivity index (χ1) is 14.2. The molecule has 0 aliphatic rings. The minimum Gasteiger partial charge on any atom is -0.490 e. The first-order valence-corrected chi connectivity index (χ1v) is 9.15. The lowest BCUT2D eigenvalue weighted by atomic mass is 10.0. The van der Waals surface area contributed by atoms with Crippen LogP contribution in [0.2, 0.25) is 0 Å². The molecule has 0 saturated heterocycles. The van der Waals surface area contributed by atoms with Crippen molar-refractivity contribution in [3.63, 3.8) is 0 Å². The second kappa shape index (κ2) is 9.90. The Labute approximate surface area is 170 Å². The Morgan fingerprint density at radius 3 is 2.41 bits per heavy atom. The smallest absolute Gasteiger partial charge is 0.271 e. The van der Waals surface area contributed by atoms with Gasteiger partial charge in [0, 0.05) is 11.1 Å². The van der Waals surface area contributed by atoms with Gasteiger partial charge >= 0.3 is 0 Å². The zero-order chi connectivity index (χ0) is 20.5. The molecule has 0 unspecified atom stereocenters. The molecule has 3 aromatic rings. The van der Waals surface area contributed by atoms with Crippen LogP contribution in [0.3, 0.4) is 0 Å². The van der Waals surface area contributed by atoms with Gasteiger partial charge in [0.2, 0.25) is 0 Å². The van der Waals surface area contributed by atoms with Crippen molar-refractivity contribution in [3.8, 4) is 11.5 Å². The second-order valence-electron chi connectivity index (χ2n) is 6.12. The SMILES string of the molecule is C=CCOc1ccc(C(=O)NN=Cc2c(OCC=C)ccc3ccccc23)cc1. The van der Waals surface area contributed by atoms with Crippen molar-refractivity contribution in [3.05, 3.63) is 97.1 Å². The standard InChI is InChI=1S/C24H22N2O3/c1-3-15-28-20-12-9-19(10-13-20)24(27)26-25-17-22-21-8-6-5-7-18(21)11-14-23(22)29-16-4-2/h3-14,17H,1-2,15-16H2,(H,26,27). The van der Waals surface area contributed by atoms with Gasteiger partial charge in [-0.2, -0.15) is 5.10 Å². The Bertz CT molecular complexity index is 1040. The van der Waals surface area contributed by atoms with Gasteiger partial charge in [-0.1, -0.05) is 55.6 Å². The molecule has 0 fully saturated rings. The van der Waals surface area contributed by atoms with E-state index in [4.69, 9.17) is 9.47 Å². The fourth-order valence-corrected chi connectivity index (χ4v) is 2.76. The number of ether oxygens (including phenoxy) is 2. The molecule has 3 aromatic carbocycles. The molecule has 3 rings (SSSR count). The van der Waals surface area contributed by atoms with E-state index in [-0.39, 0.29) is 5.91 Å². The number of nitrogens with zero attached hydrogens (tertiary/aromatic N) is 1. The minimum absolute atomic E-state index is 0.315. The van der Waals surface area contributed by atoms with Gasteiger partial charge in [0.15, 0.2) is 0 Å². The van der Waals surface area contributed by atoms with Gasteiger partial charge in [0.05, 0.1) is 6.21 Å². The molecule has 5 nitrogen and oxygen atoms in total. The number of carbonyl (C=O) groups is 1. The molecular weight excluding hydrogens is 364 g/mol. The Morgan fingerprint density at radius 2 is 1.66 bits per heavy atom. The molecule has 1 N–H and O–H groups in total. The normalized spacial score (nSPS) is 10.6. The predicted octanol–water partition coefficient (Wildman–Crippen LogP) is 4.73. The molecule has 1 amide bonds. The fraction of sp³-hybridized carbons (Fsp3) is 0.0833. The van der Waals surface area contributed by atoms with E-state index in [9.17, 15) is 4.79 Å². The number of nitrogens with one attached hydrogen (secondary N) is 1. The summed E-state index contributed by atoms with van der Waals surface area (Å²) >= 11 is 0. The summed E-state index contributed by atoms with van der Waals surface area (Å²) in [5.41, 5.74) is 3.83. The fourth-order valence-electron chi connectivity index (χ4n) is 2.76. The van der Waals surface area contributed by atoms with Crippen molar-refractivity contribution in [2.45, 2.75) is 0 Å². The maximum absolute atomic E-state index is 12.4. The minimum atomic E-state index is -0.315. The average Bonchev–Trinajstić information content (AvgIpc) is 2.77. The first-order valence-electron chi connectivity index (χ1n) is 9.15. The number of hydrogen-bond donors (Lipinski definition) is 1. The van der Waals surface area contributed by atoms with Gasteiger partial charge in [-0.3, -0.25) is 4.79 Å². The van der Waals surface area contributed by atoms with Gasteiger partial charge in [0.25, 0.3) is 5.91 Å². The largest absolute Gasteiger partial charge is 0.490 e. The number of fused-ring (bicyclic) bond motifs is 1. The van der Waals surface area contributed by atoms with Gasteiger partial charge in [-0.25, -0.2) is 5.43 Å². The summed E-state index contributed by atoms with van der Waals surface area (Å²) in [6.45, 7) is 8.08. The van der Waals surface area contributed by atoms with Crippen LogP contribution in [0.15, 0.2) is 91.1 Å². The van der Waals surface area contributed by atoms with Crippen molar-refractivity contribution in [2.75, 3.05) is 13.2 Å². The maximum Gasteiger partial charge on any atom is 0.271 e. The summed E-state index contributed by atoms with van der Waals surface area (Å²) in [6.07, 6.45) is 4.94. The van der Waals surface area contributed by atoms with E-state index < -0.39 is 0 Å². The van der Waals surface area contributed by atoms with E-state index >= 15 is 0 Å². The molecule has 29 heavy (non-hydrogen) atoms. The summed E-state index contributed by atoms with van der Waals surface area (Å²) in [4.78, 5) is 12.4. The zero-order valence-corrected chi connectivity index (χ0v) is 16.0. The highest BCUT2D eigenvalue weighted by molar-refractivity contribution is 6.03. The average molecular weight is 386 g/mol. The van der Waals surface area contributed by atoms with Gasteiger partial charge in [0.1, 0.15) is 24.7 Å². The lowest BCUT2D eigenvalue weighted by Gasteiger charge is -2.10. The van der Waals surface area contributed by atoms with Crippen LogP contribution in [0.1, 0.15) is 15.9 Å². The van der Waals surface area contributed by atoms with Gasteiger partial charge in [-0.05, 0) is 41.1 Å². The van der Waals surface area contributed by atoms with Gasteiger partial charge in [-0.15, -0.1) is 0 Å². The van der Waals surface area contributed by atoms with Crippen molar-refractivity contribution in [2.24, 2.45) is 5.10 Å². The molecule has 0 aliphatic carbocycles. The van der Waals surface area contributed by atoms with Crippen molar-refractivity contribution >= 4 is 22.9 Å². The van der Waals surface area contributed by atoms with E-state index in [0.29, 0.717) is 30.3 Å². The topological polar surface area (TPSA) is 59.9 Å². The summed E-state index contributed by atoms with van der Waals surface area (Å²) in [7, 11) is 0. The van der Waals surface area contributed by atoms with Crippen LogP contribution >= 0.6 is 0 Å². The van der Waals surface area contributed by atoms with E-state index in [1.54, 1.807) is 42.6 Å². The van der Waals surface area contributed by atoms with E-state index in [0.717, 1.165) is 16.3 Å². The molecule has 146 valence electrons.